The Hall–Kier alpha value is -2.38. The van der Waals surface area contributed by atoms with Crippen LogP contribution in [0, 0.1) is 0 Å². The highest BCUT2D eigenvalue weighted by Gasteiger charge is 2.30. The first-order chi connectivity index (χ1) is 11.1. The summed E-state index contributed by atoms with van der Waals surface area (Å²) in [7, 11) is 1.16. The molecule has 0 heterocycles. The highest BCUT2D eigenvalue weighted by molar-refractivity contribution is 5.86. The number of carbonyl (C=O) groups excluding carboxylic acids is 3. The van der Waals surface area contributed by atoms with E-state index in [1.807, 2.05) is 0 Å². The van der Waals surface area contributed by atoms with Gasteiger partial charge in [0.25, 0.3) is 0 Å². The molecule has 8 heteroatoms. The van der Waals surface area contributed by atoms with Gasteiger partial charge in [-0.3, -0.25) is 4.79 Å². The van der Waals surface area contributed by atoms with Gasteiger partial charge in [-0.2, -0.15) is 13.2 Å². The molecule has 0 radical (unpaired) electrons. The Balaban J connectivity index is 2.68. The predicted octanol–water partition coefficient (Wildman–Crippen LogP) is 2.27. The fourth-order valence-electron chi connectivity index (χ4n) is 1.98. The molecule has 0 aliphatic rings. The van der Waals surface area contributed by atoms with E-state index in [1.54, 1.807) is 0 Å². The van der Waals surface area contributed by atoms with Crippen LogP contribution in [0.4, 0.5) is 13.2 Å². The summed E-state index contributed by atoms with van der Waals surface area (Å²) in [6.45, 7) is 1.36. The van der Waals surface area contributed by atoms with Gasteiger partial charge >= 0.3 is 12.1 Å². The number of halogens is 3. The van der Waals surface area contributed by atoms with Crippen molar-refractivity contribution in [2.24, 2.45) is 0 Å². The summed E-state index contributed by atoms with van der Waals surface area (Å²) in [5.41, 5.74) is -0.434. The molecule has 0 aliphatic carbocycles. The number of amides is 1. The predicted molar refractivity (Wildman–Crippen MR) is 79.0 cm³/mol. The highest BCUT2D eigenvalue weighted by Crippen LogP contribution is 2.29. The van der Waals surface area contributed by atoms with E-state index in [-0.39, 0.29) is 25.0 Å². The lowest BCUT2D eigenvalue weighted by Gasteiger charge is -2.16. The lowest BCUT2D eigenvalue weighted by molar-refractivity contribution is -0.145. The van der Waals surface area contributed by atoms with Gasteiger partial charge in [0.1, 0.15) is 11.8 Å². The van der Waals surface area contributed by atoms with Gasteiger partial charge in [-0.1, -0.05) is 12.1 Å². The number of Topliss-reactive ketones (excluding diaryl/α,β-unsaturated/α-hetero) is 1. The first-order valence-electron chi connectivity index (χ1n) is 7.16. The number of ether oxygens (including phenoxy) is 1. The number of carbonyl (C=O) groups is 3. The Morgan fingerprint density at radius 2 is 1.75 bits per heavy atom. The number of hydrogen-bond acceptors (Lipinski definition) is 4. The number of methoxy groups -OCH3 is 1. The SMILES string of the molecule is COC(=O)[C@@H](CCC(C)=O)NC(=O)Cc1ccc(C(F)(F)F)cc1. The Kier molecular flexibility index (Phi) is 6.94. The molecule has 1 N–H and O–H groups in total. The molecule has 0 saturated heterocycles. The van der Waals surface area contributed by atoms with Gasteiger partial charge in [-0.25, -0.2) is 4.79 Å². The third-order valence-electron chi connectivity index (χ3n) is 3.25. The largest absolute Gasteiger partial charge is 0.467 e. The van der Waals surface area contributed by atoms with Crippen LogP contribution in [-0.2, 0) is 31.7 Å². The van der Waals surface area contributed by atoms with Crippen LogP contribution in [0.3, 0.4) is 0 Å². The molecule has 1 amide bonds. The van der Waals surface area contributed by atoms with Crippen molar-refractivity contribution in [1.82, 2.24) is 5.32 Å². The van der Waals surface area contributed by atoms with Crippen LogP contribution in [0.5, 0.6) is 0 Å². The summed E-state index contributed by atoms with van der Waals surface area (Å²) in [6.07, 6.45) is -4.43. The van der Waals surface area contributed by atoms with Gasteiger partial charge in [0.2, 0.25) is 5.91 Å². The molecule has 1 aromatic carbocycles. The minimum atomic E-state index is -4.44. The zero-order chi connectivity index (χ0) is 18.3. The molecule has 1 atom stereocenters. The Labute approximate surface area is 137 Å². The Morgan fingerprint density at radius 3 is 2.21 bits per heavy atom. The summed E-state index contributed by atoms with van der Waals surface area (Å²) >= 11 is 0. The number of nitrogens with one attached hydrogen (secondary N) is 1. The average molecular weight is 345 g/mol. The van der Waals surface area contributed by atoms with E-state index in [0.29, 0.717) is 5.56 Å². The lowest BCUT2D eigenvalue weighted by atomic mass is 10.1. The average Bonchev–Trinajstić information content (AvgIpc) is 2.50. The molecule has 24 heavy (non-hydrogen) atoms. The van der Waals surface area contributed by atoms with Gasteiger partial charge in [-0.05, 0) is 31.0 Å². The molecule has 1 rings (SSSR count). The molecular formula is C16H18F3NO4. The summed E-state index contributed by atoms with van der Waals surface area (Å²) in [6, 6.07) is 3.20. The van der Waals surface area contributed by atoms with E-state index in [4.69, 9.17) is 0 Å². The third kappa shape index (κ3) is 6.39. The lowest BCUT2D eigenvalue weighted by Crippen LogP contribution is -2.42. The molecule has 0 fully saturated rings. The summed E-state index contributed by atoms with van der Waals surface area (Å²) in [5.74, 6) is -1.37. The van der Waals surface area contributed by atoms with E-state index in [2.05, 4.69) is 10.1 Å². The van der Waals surface area contributed by atoms with Gasteiger partial charge in [0.05, 0.1) is 19.1 Å². The number of esters is 1. The second kappa shape index (κ2) is 8.47. The first-order valence-corrected chi connectivity index (χ1v) is 7.16. The van der Waals surface area contributed by atoms with Crippen LogP contribution < -0.4 is 5.32 Å². The van der Waals surface area contributed by atoms with Crippen LogP contribution in [0.25, 0.3) is 0 Å². The van der Waals surface area contributed by atoms with E-state index in [9.17, 15) is 27.6 Å². The minimum absolute atomic E-state index is 0.0975. The Morgan fingerprint density at radius 1 is 1.17 bits per heavy atom. The molecule has 132 valence electrons. The minimum Gasteiger partial charge on any atom is -0.467 e. The van der Waals surface area contributed by atoms with Crippen molar-refractivity contribution >= 4 is 17.7 Å². The quantitative estimate of drug-likeness (QED) is 0.770. The number of hydrogen-bond donors (Lipinski definition) is 1. The zero-order valence-electron chi connectivity index (χ0n) is 13.3. The molecular weight excluding hydrogens is 327 g/mol. The second-order valence-corrected chi connectivity index (χ2v) is 5.26. The first kappa shape index (κ1) is 19.7. The maximum atomic E-state index is 12.5. The zero-order valence-corrected chi connectivity index (χ0v) is 13.3. The van der Waals surface area contributed by atoms with Gasteiger partial charge in [0, 0.05) is 6.42 Å². The van der Waals surface area contributed by atoms with E-state index in [0.717, 1.165) is 19.2 Å². The van der Waals surface area contributed by atoms with Gasteiger partial charge < -0.3 is 14.8 Å². The summed E-state index contributed by atoms with van der Waals surface area (Å²) in [4.78, 5) is 34.5. The van der Waals surface area contributed by atoms with Crippen LogP contribution in [0.15, 0.2) is 24.3 Å². The van der Waals surface area contributed by atoms with Crippen molar-refractivity contribution in [1.29, 1.82) is 0 Å². The molecule has 5 nitrogen and oxygen atoms in total. The topological polar surface area (TPSA) is 72.5 Å². The molecule has 0 aromatic heterocycles. The van der Waals surface area contributed by atoms with Crippen molar-refractivity contribution in [3.05, 3.63) is 35.4 Å². The number of alkyl halides is 3. The van der Waals surface area contributed by atoms with Crippen LogP contribution in [0.1, 0.15) is 30.9 Å². The number of ketones is 1. The van der Waals surface area contributed by atoms with Crippen LogP contribution in [-0.4, -0.2) is 30.8 Å². The van der Waals surface area contributed by atoms with Crippen LogP contribution in [0.2, 0.25) is 0 Å². The second-order valence-electron chi connectivity index (χ2n) is 5.26. The van der Waals surface area contributed by atoms with Crippen molar-refractivity contribution in [3.63, 3.8) is 0 Å². The third-order valence-corrected chi connectivity index (χ3v) is 3.25. The standard InChI is InChI=1S/C16H18F3NO4/c1-10(21)3-8-13(15(23)24-2)20-14(22)9-11-4-6-12(7-5-11)16(17,18)19/h4-7,13H,3,8-9H2,1-2H3,(H,20,22)/t13-/m1/s1. The highest BCUT2D eigenvalue weighted by atomic mass is 19.4. The van der Waals surface area contributed by atoms with Crippen molar-refractivity contribution < 1.29 is 32.3 Å². The normalized spacial score (nSPS) is 12.4. The molecule has 0 aliphatic heterocycles. The maximum absolute atomic E-state index is 12.5. The van der Waals surface area contributed by atoms with Crippen molar-refractivity contribution in [2.45, 2.75) is 38.4 Å². The van der Waals surface area contributed by atoms with Crippen LogP contribution >= 0.6 is 0 Å². The molecule has 0 saturated carbocycles. The van der Waals surface area contributed by atoms with Crippen molar-refractivity contribution in [2.75, 3.05) is 7.11 Å². The Bertz CT molecular complexity index is 596. The maximum Gasteiger partial charge on any atom is 0.416 e. The summed E-state index contributed by atoms with van der Waals surface area (Å²) < 4.78 is 42.0. The fraction of sp³-hybridized carbons (Fsp3) is 0.438. The van der Waals surface area contributed by atoms with Gasteiger partial charge in [0.15, 0.2) is 0 Å². The number of benzene rings is 1. The van der Waals surface area contributed by atoms with E-state index >= 15 is 0 Å². The smallest absolute Gasteiger partial charge is 0.416 e. The molecule has 0 spiro atoms. The van der Waals surface area contributed by atoms with Gasteiger partial charge in [-0.15, -0.1) is 0 Å². The fourth-order valence-corrected chi connectivity index (χ4v) is 1.98. The van der Waals surface area contributed by atoms with E-state index < -0.39 is 29.7 Å². The number of rotatable bonds is 7. The molecule has 0 unspecified atom stereocenters. The molecule has 1 aromatic rings. The molecule has 0 bridgehead atoms. The van der Waals surface area contributed by atoms with Crippen molar-refractivity contribution in [3.8, 4) is 0 Å². The monoisotopic (exact) mass is 345 g/mol. The van der Waals surface area contributed by atoms with E-state index in [1.165, 1.54) is 19.1 Å². The summed E-state index contributed by atoms with van der Waals surface area (Å²) in [5, 5.41) is 2.43.